The van der Waals surface area contributed by atoms with Gasteiger partial charge in [-0.05, 0) is 118 Å². The fraction of sp³-hybridized carbons (Fsp3) is 0.576. The Hall–Kier alpha value is -2.57. The smallest absolute Gasteiger partial charge is 0.337 e. The third-order valence-corrected chi connectivity index (χ3v) is 9.25. The van der Waals surface area contributed by atoms with Crippen LogP contribution >= 0.6 is 11.6 Å². The number of hydrogen-bond acceptors (Lipinski definition) is 4. The van der Waals surface area contributed by atoms with Crippen molar-refractivity contribution < 1.29 is 24.2 Å². The van der Waals surface area contributed by atoms with Crippen LogP contribution in [0.25, 0.3) is 11.1 Å². The lowest BCUT2D eigenvalue weighted by Gasteiger charge is -2.40. The van der Waals surface area contributed by atoms with Crippen LogP contribution in [0.1, 0.15) is 104 Å². The molecule has 40 heavy (non-hydrogen) atoms. The Morgan fingerprint density at radius 3 is 2.40 bits per heavy atom. The molecule has 2 aromatic carbocycles. The summed E-state index contributed by atoms with van der Waals surface area (Å²) in [5.74, 6) is -0.179. The third kappa shape index (κ3) is 5.25. The van der Waals surface area contributed by atoms with Gasteiger partial charge in [-0.3, -0.25) is 4.79 Å². The summed E-state index contributed by atoms with van der Waals surface area (Å²) in [6, 6.07) is 2.20. The summed E-state index contributed by atoms with van der Waals surface area (Å²) in [7, 11) is 0. The van der Waals surface area contributed by atoms with Crippen LogP contribution in [0.4, 0.5) is 0 Å². The second-order valence-electron chi connectivity index (χ2n) is 12.7. The van der Waals surface area contributed by atoms with Gasteiger partial charge >= 0.3 is 5.97 Å². The number of fused-ring (bicyclic) bond motifs is 2. The van der Waals surface area contributed by atoms with E-state index in [-0.39, 0.29) is 18.4 Å². The summed E-state index contributed by atoms with van der Waals surface area (Å²) in [5.41, 5.74) is 7.74. The first-order valence-corrected chi connectivity index (χ1v) is 15.1. The van der Waals surface area contributed by atoms with Crippen LogP contribution < -0.4 is 4.74 Å². The molecule has 1 atom stereocenters. The molecular weight excluding hydrogens is 526 g/mol. The van der Waals surface area contributed by atoms with E-state index in [9.17, 15) is 14.7 Å². The Morgan fingerprint density at radius 1 is 1.05 bits per heavy atom. The number of nitrogens with zero attached hydrogens (tertiary/aromatic N) is 1. The highest BCUT2D eigenvalue weighted by Gasteiger charge is 2.38. The Kier molecular flexibility index (Phi) is 7.97. The van der Waals surface area contributed by atoms with Crippen LogP contribution in [0.5, 0.6) is 5.75 Å². The molecule has 2 aromatic rings. The van der Waals surface area contributed by atoms with Crippen molar-refractivity contribution in [2.75, 3.05) is 6.61 Å². The van der Waals surface area contributed by atoms with Gasteiger partial charge in [-0.2, -0.15) is 0 Å². The van der Waals surface area contributed by atoms with Crippen molar-refractivity contribution in [2.45, 2.75) is 117 Å². The van der Waals surface area contributed by atoms with Gasteiger partial charge in [0.05, 0.1) is 23.7 Å². The summed E-state index contributed by atoms with van der Waals surface area (Å²) in [6.45, 7) is 12.9. The topological polar surface area (TPSA) is 76.1 Å². The molecule has 7 heteroatoms. The van der Waals surface area contributed by atoms with E-state index in [1.165, 1.54) is 6.42 Å². The van der Waals surface area contributed by atoms with Crippen LogP contribution in [0.15, 0.2) is 6.07 Å². The molecule has 0 saturated heterocycles. The maximum absolute atomic E-state index is 13.5. The van der Waals surface area contributed by atoms with Crippen LogP contribution in [0.3, 0.4) is 0 Å². The van der Waals surface area contributed by atoms with Gasteiger partial charge in [0, 0.05) is 18.2 Å². The summed E-state index contributed by atoms with van der Waals surface area (Å²) in [5, 5.41) is 11.1. The zero-order valence-corrected chi connectivity index (χ0v) is 25.5. The maximum atomic E-state index is 13.5. The van der Waals surface area contributed by atoms with Gasteiger partial charge in [0.2, 0.25) is 5.91 Å². The molecule has 0 unspecified atom stereocenters. The van der Waals surface area contributed by atoms with E-state index in [0.717, 1.165) is 88.8 Å². The molecule has 2 aliphatic heterocycles. The molecule has 0 bridgehead atoms. The number of amides is 1. The highest BCUT2D eigenvalue weighted by Crippen LogP contribution is 2.47. The number of aliphatic carboxylic acids is 1. The van der Waals surface area contributed by atoms with Crippen molar-refractivity contribution in [3.8, 4) is 16.9 Å². The lowest BCUT2D eigenvalue weighted by Crippen LogP contribution is -2.45. The molecule has 0 spiro atoms. The molecule has 3 aliphatic rings. The normalized spacial score (nSPS) is 18.7. The standard InChI is InChI=1S/C33H42ClNO5/c1-18-22-13-10-14-39-30(22)26(34)15-24(18)28-20(3)25-17-35(21-11-8-7-9-12-21)27(36)16-23(25)19(2)29(28)31(32(37)38)40-33(4,5)6/h15,21,31H,7-14,16-17H2,1-6H3,(H,37,38)/t31-/m0/s1. The van der Waals surface area contributed by atoms with Crippen molar-refractivity contribution in [2.24, 2.45) is 0 Å². The number of carboxylic acid groups (broad SMARTS) is 1. The zero-order chi connectivity index (χ0) is 28.9. The first-order chi connectivity index (χ1) is 18.9. The van der Waals surface area contributed by atoms with E-state index >= 15 is 0 Å². The number of carboxylic acids is 1. The van der Waals surface area contributed by atoms with Crippen molar-refractivity contribution in [1.82, 2.24) is 4.90 Å². The highest BCUT2D eigenvalue weighted by molar-refractivity contribution is 6.32. The predicted molar refractivity (Wildman–Crippen MR) is 157 cm³/mol. The second kappa shape index (κ2) is 11.0. The molecule has 1 aliphatic carbocycles. The molecule has 1 fully saturated rings. The van der Waals surface area contributed by atoms with Crippen LogP contribution in [0.2, 0.25) is 5.02 Å². The maximum Gasteiger partial charge on any atom is 0.337 e. The third-order valence-electron chi connectivity index (χ3n) is 8.97. The fourth-order valence-corrected chi connectivity index (χ4v) is 7.30. The van der Waals surface area contributed by atoms with Gasteiger partial charge in [-0.15, -0.1) is 0 Å². The highest BCUT2D eigenvalue weighted by atomic mass is 35.5. The average molecular weight is 568 g/mol. The molecular formula is C33H42ClNO5. The van der Waals surface area contributed by atoms with E-state index in [0.29, 0.717) is 23.7 Å². The SMILES string of the molecule is Cc1c(-c2c(C)c3c(c(C)c2[C@H](OC(C)(C)C)C(=O)O)CC(=O)N(C2CCCCC2)C3)cc(Cl)c2c1CCCO2. The monoisotopic (exact) mass is 567 g/mol. The Labute approximate surface area is 243 Å². The molecule has 1 amide bonds. The van der Waals surface area contributed by atoms with E-state index in [4.69, 9.17) is 21.1 Å². The molecule has 2 heterocycles. The van der Waals surface area contributed by atoms with Gasteiger partial charge < -0.3 is 19.5 Å². The molecule has 216 valence electrons. The Bertz CT molecular complexity index is 1350. The average Bonchev–Trinajstić information content (AvgIpc) is 2.91. The first-order valence-electron chi connectivity index (χ1n) is 14.7. The fourth-order valence-electron chi connectivity index (χ4n) is 7.02. The summed E-state index contributed by atoms with van der Waals surface area (Å²) < 4.78 is 12.2. The molecule has 1 saturated carbocycles. The van der Waals surface area contributed by atoms with Crippen molar-refractivity contribution >= 4 is 23.5 Å². The van der Waals surface area contributed by atoms with Gasteiger partial charge in [-0.1, -0.05) is 30.9 Å². The quantitative estimate of drug-likeness (QED) is 0.407. The van der Waals surface area contributed by atoms with E-state index in [1.807, 2.05) is 33.8 Å². The number of carbonyl (C=O) groups is 2. The van der Waals surface area contributed by atoms with E-state index in [1.54, 1.807) is 0 Å². The molecule has 0 aromatic heterocycles. The lowest BCUT2D eigenvalue weighted by molar-refractivity contribution is -0.160. The van der Waals surface area contributed by atoms with Crippen LogP contribution in [0, 0.1) is 20.8 Å². The Morgan fingerprint density at radius 2 is 1.75 bits per heavy atom. The second-order valence-corrected chi connectivity index (χ2v) is 13.1. The van der Waals surface area contributed by atoms with Crippen molar-refractivity contribution in [3.63, 3.8) is 0 Å². The van der Waals surface area contributed by atoms with Crippen molar-refractivity contribution in [3.05, 3.63) is 50.0 Å². The zero-order valence-electron chi connectivity index (χ0n) is 24.7. The summed E-state index contributed by atoms with van der Waals surface area (Å²) >= 11 is 6.82. The van der Waals surface area contributed by atoms with E-state index < -0.39 is 17.7 Å². The molecule has 1 N–H and O–H groups in total. The van der Waals surface area contributed by atoms with Gasteiger partial charge in [0.1, 0.15) is 5.75 Å². The molecule has 0 radical (unpaired) electrons. The molecule has 6 nitrogen and oxygen atoms in total. The number of ether oxygens (including phenoxy) is 2. The number of rotatable bonds is 5. The van der Waals surface area contributed by atoms with Crippen LogP contribution in [-0.4, -0.2) is 40.1 Å². The molecule has 5 rings (SSSR count). The van der Waals surface area contributed by atoms with Crippen molar-refractivity contribution in [1.29, 1.82) is 0 Å². The predicted octanol–water partition coefficient (Wildman–Crippen LogP) is 7.42. The minimum absolute atomic E-state index is 0.134. The minimum atomic E-state index is -1.20. The first kappa shape index (κ1) is 28.9. The number of carbonyl (C=O) groups excluding carboxylic acids is 1. The minimum Gasteiger partial charge on any atom is -0.492 e. The Balaban J connectivity index is 1.77. The van der Waals surface area contributed by atoms with Gasteiger partial charge in [-0.25, -0.2) is 4.79 Å². The summed E-state index contributed by atoms with van der Waals surface area (Å²) in [4.78, 5) is 28.5. The van der Waals surface area contributed by atoms with E-state index in [2.05, 4.69) is 18.7 Å². The number of benzene rings is 2. The van der Waals surface area contributed by atoms with Gasteiger partial charge in [0.25, 0.3) is 0 Å². The number of halogens is 1. The summed E-state index contributed by atoms with van der Waals surface area (Å²) in [6.07, 6.45) is 6.48. The largest absolute Gasteiger partial charge is 0.492 e. The van der Waals surface area contributed by atoms with Crippen LogP contribution in [-0.2, 0) is 33.7 Å². The number of hydrogen-bond donors (Lipinski definition) is 1. The van der Waals surface area contributed by atoms with Gasteiger partial charge in [0.15, 0.2) is 6.10 Å². The lowest BCUT2D eigenvalue weighted by atomic mass is 9.78.